The Morgan fingerprint density at radius 2 is 1.49 bits per heavy atom. The van der Waals surface area contributed by atoms with E-state index in [0.717, 1.165) is 43.1 Å². The van der Waals surface area contributed by atoms with Crippen molar-refractivity contribution in [1.82, 2.24) is 10.2 Å². The van der Waals surface area contributed by atoms with Gasteiger partial charge in [-0.05, 0) is 81.2 Å². The van der Waals surface area contributed by atoms with Gasteiger partial charge in [-0.3, -0.25) is 9.52 Å². The molecule has 1 amide bonds. The zero-order valence-electron chi connectivity index (χ0n) is 21.1. The van der Waals surface area contributed by atoms with Gasteiger partial charge in [0, 0.05) is 24.2 Å². The van der Waals surface area contributed by atoms with Gasteiger partial charge in [-0.2, -0.15) is 0 Å². The predicted octanol–water partition coefficient (Wildman–Crippen LogP) is 5.29. The first-order chi connectivity index (χ1) is 17.9. The molecule has 3 aromatic carbocycles. The lowest BCUT2D eigenvalue weighted by atomic mass is 9.87. The maximum absolute atomic E-state index is 14.3. The van der Waals surface area contributed by atoms with Gasteiger partial charge in [-0.25, -0.2) is 12.8 Å². The molecule has 6 nitrogen and oxygen atoms in total. The largest absolute Gasteiger partial charge is 0.339 e. The van der Waals surface area contributed by atoms with Gasteiger partial charge in [0.05, 0.1) is 5.69 Å². The first kappa shape index (κ1) is 26.6. The van der Waals surface area contributed by atoms with Crippen LogP contribution in [0.5, 0.6) is 0 Å². The number of amides is 1. The van der Waals surface area contributed by atoms with Crippen LogP contribution in [-0.4, -0.2) is 45.4 Å². The minimum atomic E-state index is -4.16. The Bertz CT molecular complexity index is 1390. The van der Waals surface area contributed by atoms with E-state index in [9.17, 15) is 17.6 Å². The highest BCUT2D eigenvalue weighted by molar-refractivity contribution is 7.92. The van der Waals surface area contributed by atoms with Gasteiger partial charge in [0.25, 0.3) is 15.9 Å². The minimum absolute atomic E-state index is 0.0225. The third-order valence-electron chi connectivity index (χ3n) is 6.60. The van der Waals surface area contributed by atoms with E-state index >= 15 is 0 Å². The summed E-state index contributed by atoms with van der Waals surface area (Å²) in [5, 5.41) is 3.36. The van der Waals surface area contributed by atoms with Crippen LogP contribution in [0, 0.1) is 5.82 Å². The Morgan fingerprint density at radius 1 is 0.892 bits per heavy atom. The smallest absolute Gasteiger partial charge is 0.264 e. The summed E-state index contributed by atoms with van der Waals surface area (Å²) in [5.41, 5.74) is 4.70. The van der Waals surface area contributed by atoms with Crippen LogP contribution in [0.4, 0.5) is 10.1 Å². The molecule has 194 valence electrons. The Labute approximate surface area is 218 Å². The molecule has 0 bridgehead atoms. The zero-order chi connectivity index (χ0) is 26.4. The Balaban J connectivity index is 1.78. The van der Waals surface area contributed by atoms with Crippen LogP contribution < -0.4 is 10.0 Å². The number of sulfonamides is 1. The molecule has 1 aliphatic rings. The lowest BCUT2D eigenvalue weighted by Crippen LogP contribution is -2.30. The van der Waals surface area contributed by atoms with Crippen molar-refractivity contribution in [3.63, 3.8) is 0 Å². The van der Waals surface area contributed by atoms with Gasteiger partial charge in [0.1, 0.15) is 10.7 Å². The number of nitrogens with one attached hydrogen (secondary N) is 2. The van der Waals surface area contributed by atoms with E-state index in [2.05, 4.69) is 10.0 Å². The fourth-order valence-electron chi connectivity index (χ4n) is 4.65. The molecule has 0 atom stereocenters. The molecule has 1 aliphatic heterocycles. The average Bonchev–Trinajstić information content (AvgIpc) is 2.91. The van der Waals surface area contributed by atoms with Crippen molar-refractivity contribution < 1.29 is 17.6 Å². The third kappa shape index (κ3) is 5.92. The maximum atomic E-state index is 14.3. The summed E-state index contributed by atoms with van der Waals surface area (Å²) in [5.74, 6) is -0.830. The molecule has 0 radical (unpaired) electrons. The summed E-state index contributed by atoms with van der Waals surface area (Å²) in [6.07, 6.45) is 1.62. The Hall–Kier alpha value is -3.49. The molecular formula is C29H32FN3O3S. The van der Waals surface area contributed by atoms with Gasteiger partial charge >= 0.3 is 0 Å². The summed E-state index contributed by atoms with van der Waals surface area (Å²) in [6.45, 7) is 6.81. The van der Waals surface area contributed by atoms with Gasteiger partial charge in [0.15, 0.2) is 0 Å². The highest BCUT2D eigenvalue weighted by atomic mass is 32.2. The SMILES string of the molecule is CCN(CC)C(=O)c1ccc(C(=C2CCNCC2)c2ccccc2NS(=O)(=O)c2ccccc2F)cc1. The van der Waals surface area contributed by atoms with Crippen molar-refractivity contribution in [2.24, 2.45) is 0 Å². The highest BCUT2D eigenvalue weighted by Crippen LogP contribution is 2.36. The summed E-state index contributed by atoms with van der Waals surface area (Å²) in [4.78, 5) is 14.2. The van der Waals surface area contributed by atoms with Crippen LogP contribution in [0.2, 0.25) is 0 Å². The quantitative estimate of drug-likeness (QED) is 0.422. The van der Waals surface area contributed by atoms with Gasteiger partial charge in [0.2, 0.25) is 0 Å². The highest BCUT2D eigenvalue weighted by Gasteiger charge is 2.23. The van der Waals surface area contributed by atoms with Crippen LogP contribution in [0.25, 0.3) is 5.57 Å². The number of anilines is 1. The summed E-state index contributed by atoms with van der Waals surface area (Å²) in [7, 11) is -4.16. The number of carbonyl (C=O) groups excluding carboxylic acids is 1. The summed E-state index contributed by atoms with van der Waals surface area (Å²) < 4.78 is 43.2. The van der Waals surface area contributed by atoms with Crippen molar-refractivity contribution >= 4 is 27.2 Å². The third-order valence-corrected chi connectivity index (χ3v) is 8.00. The molecule has 0 unspecified atom stereocenters. The fourth-order valence-corrected chi connectivity index (χ4v) is 5.81. The molecule has 4 rings (SSSR count). The second kappa shape index (κ2) is 11.7. The number of para-hydroxylation sites is 1. The van der Waals surface area contributed by atoms with Crippen LogP contribution >= 0.6 is 0 Å². The van der Waals surface area contributed by atoms with Crippen molar-refractivity contribution in [2.75, 3.05) is 30.9 Å². The molecular weight excluding hydrogens is 489 g/mol. The topological polar surface area (TPSA) is 78.5 Å². The number of hydrogen-bond donors (Lipinski definition) is 2. The number of hydrogen-bond acceptors (Lipinski definition) is 4. The number of carbonyl (C=O) groups is 1. The first-order valence-electron chi connectivity index (χ1n) is 12.5. The second-order valence-electron chi connectivity index (χ2n) is 8.86. The van der Waals surface area contributed by atoms with Crippen molar-refractivity contribution in [3.8, 4) is 0 Å². The van der Waals surface area contributed by atoms with Crippen LogP contribution in [0.3, 0.4) is 0 Å². The van der Waals surface area contributed by atoms with Crippen LogP contribution in [0.1, 0.15) is 48.2 Å². The number of benzene rings is 3. The normalized spacial score (nSPS) is 13.8. The maximum Gasteiger partial charge on any atom is 0.264 e. The van der Waals surface area contributed by atoms with E-state index in [1.165, 1.54) is 23.8 Å². The molecule has 0 aromatic heterocycles. The molecule has 1 fully saturated rings. The molecule has 0 spiro atoms. The minimum Gasteiger partial charge on any atom is -0.339 e. The Kier molecular flexibility index (Phi) is 8.41. The first-order valence-corrected chi connectivity index (χ1v) is 14.0. The van der Waals surface area contributed by atoms with E-state index in [1.54, 1.807) is 17.0 Å². The molecule has 3 aromatic rings. The van der Waals surface area contributed by atoms with Gasteiger partial charge in [-0.15, -0.1) is 0 Å². The summed E-state index contributed by atoms with van der Waals surface area (Å²) >= 11 is 0. The molecule has 37 heavy (non-hydrogen) atoms. The van der Waals surface area contributed by atoms with E-state index in [1.807, 2.05) is 50.2 Å². The lowest BCUT2D eigenvalue weighted by Gasteiger charge is -2.23. The predicted molar refractivity (Wildman–Crippen MR) is 145 cm³/mol. The van der Waals surface area contributed by atoms with Gasteiger partial charge < -0.3 is 10.2 Å². The molecule has 1 heterocycles. The number of halogens is 1. The molecule has 8 heteroatoms. The van der Waals surface area contributed by atoms with E-state index in [0.29, 0.717) is 29.9 Å². The number of piperidine rings is 1. The number of rotatable bonds is 8. The second-order valence-corrected chi connectivity index (χ2v) is 10.5. The summed E-state index contributed by atoms with van der Waals surface area (Å²) in [6, 6.07) is 20.0. The van der Waals surface area contributed by atoms with Crippen molar-refractivity contribution in [1.29, 1.82) is 0 Å². The van der Waals surface area contributed by atoms with Crippen molar-refractivity contribution in [3.05, 3.63) is 101 Å². The molecule has 1 saturated heterocycles. The van der Waals surface area contributed by atoms with E-state index < -0.39 is 20.7 Å². The zero-order valence-corrected chi connectivity index (χ0v) is 21.9. The molecule has 2 N–H and O–H groups in total. The lowest BCUT2D eigenvalue weighted by molar-refractivity contribution is 0.0773. The standard InChI is InChI=1S/C29H32FN3O3S/c1-3-33(4-2)29(34)23-15-13-21(14-16-23)28(22-17-19-31-20-18-22)24-9-5-7-11-26(24)32-37(35,36)27-12-8-6-10-25(27)30/h5-16,31-32H,3-4,17-20H2,1-2H3. The van der Waals surface area contributed by atoms with E-state index in [-0.39, 0.29) is 5.91 Å². The Morgan fingerprint density at radius 3 is 2.14 bits per heavy atom. The van der Waals surface area contributed by atoms with Crippen LogP contribution in [-0.2, 0) is 10.0 Å². The monoisotopic (exact) mass is 521 g/mol. The van der Waals surface area contributed by atoms with Crippen molar-refractivity contribution in [2.45, 2.75) is 31.6 Å². The fraction of sp³-hybridized carbons (Fsp3) is 0.276. The van der Waals surface area contributed by atoms with Crippen LogP contribution in [0.15, 0.2) is 83.3 Å². The van der Waals surface area contributed by atoms with E-state index in [4.69, 9.17) is 0 Å². The average molecular weight is 522 g/mol. The van der Waals surface area contributed by atoms with Gasteiger partial charge in [-0.1, -0.05) is 48.0 Å². The molecule has 0 saturated carbocycles. The number of nitrogens with zero attached hydrogens (tertiary/aromatic N) is 1. The molecule has 0 aliphatic carbocycles.